The summed E-state index contributed by atoms with van der Waals surface area (Å²) in [4.78, 5) is 16.2. The summed E-state index contributed by atoms with van der Waals surface area (Å²) in [6.07, 6.45) is 1.93. The van der Waals surface area contributed by atoms with E-state index >= 15 is 0 Å². The van der Waals surface area contributed by atoms with Crippen molar-refractivity contribution in [2.24, 2.45) is 4.99 Å². The molecule has 148 valence electrons. The van der Waals surface area contributed by atoms with E-state index in [0.717, 1.165) is 49.8 Å². The minimum atomic E-state index is -0.0804. The van der Waals surface area contributed by atoms with E-state index in [-0.39, 0.29) is 5.91 Å². The number of guanidine groups is 1. The number of ether oxygens (including phenoxy) is 1. The Morgan fingerprint density at radius 3 is 2.64 bits per heavy atom. The summed E-state index contributed by atoms with van der Waals surface area (Å²) in [5.41, 5.74) is 4.32. The molecule has 0 spiro atoms. The number of benzene rings is 2. The van der Waals surface area contributed by atoms with E-state index in [2.05, 4.69) is 46.1 Å². The molecule has 3 rings (SSSR count). The third kappa shape index (κ3) is 5.25. The molecule has 0 fully saturated rings. The molecular formula is C22H28N4O2. The van der Waals surface area contributed by atoms with Crippen LogP contribution in [0.4, 0.5) is 0 Å². The van der Waals surface area contributed by atoms with Gasteiger partial charge in [0.05, 0.1) is 13.2 Å². The lowest BCUT2D eigenvalue weighted by Gasteiger charge is -2.12. The van der Waals surface area contributed by atoms with Gasteiger partial charge in [-0.25, -0.2) is 4.99 Å². The molecule has 1 aliphatic heterocycles. The van der Waals surface area contributed by atoms with Crippen LogP contribution in [0.2, 0.25) is 0 Å². The average Bonchev–Trinajstić information content (AvgIpc) is 3.19. The number of aliphatic imine (C=N–C) groups is 1. The molecule has 0 radical (unpaired) electrons. The monoisotopic (exact) mass is 380 g/mol. The first-order valence-corrected chi connectivity index (χ1v) is 9.77. The van der Waals surface area contributed by atoms with Gasteiger partial charge in [-0.15, -0.1) is 0 Å². The molecule has 2 aromatic carbocycles. The van der Waals surface area contributed by atoms with Gasteiger partial charge in [-0.2, -0.15) is 0 Å². The van der Waals surface area contributed by atoms with Gasteiger partial charge in [0, 0.05) is 32.1 Å². The quantitative estimate of drug-likeness (QED) is 0.509. The van der Waals surface area contributed by atoms with Crippen molar-refractivity contribution >= 4 is 11.9 Å². The first kappa shape index (κ1) is 19.7. The fourth-order valence-corrected chi connectivity index (χ4v) is 3.14. The number of hydrogen-bond donors (Lipinski definition) is 3. The Morgan fingerprint density at radius 1 is 1.11 bits per heavy atom. The second kappa shape index (κ2) is 9.78. The fraction of sp³-hybridized carbons (Fsp3) is 0.364. The van der Waals surface area contributed by atoms with Crippen LogP contribution in [0.3, 0.4) is 0 Å². The largest absolute Gasteiger partial charge is 0.493 e. The van der Waals surface area contributed by atoms with Crippen molar-refractivity contribution in [2.45, 2.75) is 26.3 Å². The summed E-state index contributed by atoms with van der Waals surface area (Å²) >= 11 is 0. The van der Waals surface area contributed by atoms with Crippen molar-refractivity contribution in [3.63, 3.8) is 0 Å². The van der Waals surface area contributed by atoms with Gasteiger partial charge in [-0.3, -0.25) is 4.79 Å². The maximum absolute atomic E-state index is 11.6. The number of carbonyl (C=O) groups is 1. The molecule has 28 heavy (non-hydrogen) atoms. The van der Waals surface area contributed by atoms with Crippen LogP contribution in [-0.2, 0) is 19.4 Å². The lowest BCUT2D eigenvalue weighted by Crippen LogP contribution is -2.38. The van der Waals surface area contributed by atoms with E-state index in [1.165, 1.54) is 11.1 Å². The van der Waals surface area contributed by atoms with Crippen molar-refractivity contribution < 1.29 is 9.53 Å². The van der Waals surface area contributed by atoms with Crippen LogP contribution in [-0.4, -0.2) is 38.6 Å². The lowest BCUT2D eigenvalue weighted by atomic mass is 10.1. The minimum absolute atomic E-state index is 0.0804. The van der Waals surface area contributed by atoms with Crippen molar-refractivity contribution in [1.82, 2.24) is 16.0 Å². The van der Waals surface area contributed by atoms with Crippen LogP contribution in [0.25, 0.3) is 0 Å². The van der Waals surface area contributed by atoms with Crippen LogP contribution in [0.15, 0.2) is 47.5 Å². The molecule has 0 aromatic heterocycles. The van der Waals surface area contributed by atoms with Crippen LogP contribution in [0.1, 0.15) is 34.0 Å². The minimum Gasteiger partial charge on any atom is -0.493 e. The Hall–Kier alpha value is -3.02. The second-order valence-corrected chi connectivity index (χ2v) is 6.69. The summed E-state index contributed by atoms with van der Waals surface area (Å²) in [6.45, 7) is 5.01. The Morgan fingerprint density at radius 2 is 1.89 bits per heavy atom. The maximum atomic E-state index is 11.6. The zero-order valence-electron chi connectivity index (χ0n) is 16.5. The molecule has 1 aliphatic rings. The molecule has 0 aliphatic carbocycles. The van der Waals surface area contributed by atoms with Crippen LogP contribution in [0.5, 0.6) is 5.75 Å². The number of fused-ring (bicyclic) bond motifs is 1. The maximum Gasteiger partial charge on any atom is 0.251 e. The van der Waals surface area contributed by atoms with Gasteiger partial charge in [-0.05, 0) is 48.2 Å². The van der Waals surface area contributed by atoms with Gasteiger partial charge < -0.3 is 20.7 Å². The van der Waals surface area contributed by atoms with E-state index < -0.39 is 0 Å². The molecule has 1 amide bonds. The third-order valence-electron chi connectivity index (χ3n) is 4.67. The van der Waals surface area contributed by atoms with E-state index in [9.17, 15) is 4.79 Å². The summed E-state index contributed by atoms with van der Waals surface area (Å²) in [7, 11) is 1.63. The van der Waals surface area contributed by atoms with Gasteiger partial charge in [0.25, 0.3) is 5.91 Å². The first-order valence-electron chi connectivity index (χ1n) is 9.77. The number of carbonyl (C=O) groups excluding carboxylic acids is 1. The van der Waals surface area contributed by atoms with Gasteiger partial charge in [0.1, 0.15) is 5.75 Å². The first-order chi connectivity index (χ1) is 13.7. The molecule has 3 N–H and O–H groups in total. The zero-order valence-corrected chi connectivity index (χ0v) is 16.5. The third-order valence-corrected chi connectivity index (χ3v) is 4.67. The Labute approximate surface area is 166 Å². The number of amides is 1. The number of rotatable bonds is 7. The summed E-state index contributed by atoms with van der Waals surface area (Å²) in [5, 5.41) is 9.29. The topological polar surface area (TPSA) is 74.8 Å². The molecule has 0 bridgehead atoms. The molecule has 0 atom stereocenters. The van der Waals surface area contributed by atoms with E-state index in [1.807, 2.05) is 24.3 Å². The van der Waals surface area contributed by atoms with Gasteiger partial charge >= 0.3 is 0 Å². The van der Waals surface area contributed by atoms with Crippen LogP contribution in [0, 0.1) is 0 Å². The highest BCUT2D eigenvalue weighted by atomic mass is 16.5. The molecule has 2 aromatic rings. The lowest BCUT2D eigenvalue weighted by molar-refractivity contribution is 0.0963. The second-order valence-electron chi connectivity index (χ2n) is 6.69. The molecular weight excluding hydrogens is 352 g/mol. The number of hydrogen-bond acceptors (Lipinski definition) is 3. The smallest absolute Gasteiger partial charge is 0.251 e. The molecule has 1 heterocycles. The normalized spacial score (nSPS) is 12.9. The molecule has 6 nitrogen and oxygen atoms in total. The molecule has 0 unspecified atom stereocenters. The standard InChI is InChI=1S/C22H28N4O2/c1-3-24-22(26-15-17-4-7-18(8-5-17)21(27)23-2)25-12-10-16-6-9-20-19(14-16)11-13-28-20/h4-9,14H,3,10-13,15H2,1-2H3,(H,23,27)(H2,24,25,26). The Balaban J connectivity index is 1.53. The Bertz CT molecular complexity index is 831. The van der Waals surface area contributed by atoms with Gasteiger partial charge in [-0.1, -0.05) is 24.3 Å². The van der Waals surface area contributed by atoms with E-state index in [1.54, 1.807) is 7.05 Å². The van der Waals surface area contributed by atoms with Crippen molar-refractivity contribution in [3.05, 3.63) is 64.7 Å². The predicted octanol–water partition coefficient (Wildman–Crippen LogP) is 2.28. The summed E-state index contributed by atoms with van der Waals surface area (Å²) in [5.74, 6) is 1.74. The van der Waals surface area contributed by atoms with Gasteiger partial charge in [0.2, 0.25) is 0 Å². The van der Waals surface area contributed by atoms with Crippen molar-refractivity contribution in [3.8, 4) is 5.75 Å². The average molecular weight is 380 g/mol. The molecule has 0 saturated heterocycles. The summed E-state index contributed by atoms with van der Waals surface area (Å²) < 4.78 is 5.56. The zero-order chi connectivity index (χ0) is 19.8. The fourth-order valence-electron chi connectivity index (χ4n) is 3.14. The molecule has 0 saturated carbocycles. The van der Waals surface area contributed by atoms with Gasteiger partial charge in [0.15, 0.2) is 5.96 Å². The van der Waals surface area contributed by atoms with Crippen molar-refractivity contribution in [2.75, 3.05) is 26.7 Å². The Kier molecular flexibility index (Phi) is 6.89. The SMILES string of the molecule is CCNC(=NCc1ccc(C(=O)NC)cc1)NCCc1ccc2c(c1)CCO2. The van der Waals surface area contributed by atoms with Crippen molar-refractivity contribution in [1.29, 1.82) is 0 Å². The molecule has 6 heteroatoms. The predicted molar refractivity (Wildman–Crippen MR) is 112 cm³/mol. The number of nitrogens with one attached hydrogen (secondary N) is 3. The number of nitrogens with zero attached hydrogens (tertiary/aromatic N) is 1. The van der Waals surface area contributed by atoms with E-state index in [4.69, 9.17) is 4.74 Å². The summed E-state index contributed by atoms with van der Waals surface area (Å²) in [6, 6.07) is 13.9. The van der Waals surface area contributed by atoms with E-state index in [0.29, 0.717) is 12.1 Å². The highest BCUT2D eigenvalue weighted by molar-refractivity contribution is 5.93. The van der Waals surface area contributed by atoms with Crippen LogP contribution >= 0.6 is 0 Å². The van der Waals surface area contributed by atoms with Crippen LogP contribution < -0.4 is 20.7 Å². The highest BCUT2D eigenvalue weighted by Crippen LogP contribution is 2.25. The highest BCUT2D eigenvalue weighted by Gasteiger charge is 2.11.